The molecule has 1 saturated heterocycles. The first kappa shape index (κ1) is 22.9. The minimum absolute atomic E-state index is 0.0260. The van der Waals surface area contributed by atoms with Crippen LogP contribution in [0.3, 0.4) is 0 Å². The molecule has 1 fully saturated rings. The molecule has 4 aromatic rings. The lowest BCUT2D eigenvalue weighted by Crippen LogP contribution is -2.50. The molecule has 1 amide bonds. The zero-order valence-corrected chi connectivity index (χ0v) is 19.5. The number of halogens is 1. The number of carbonyl (C=O) groups is 1. The lowest BCUT2D eigenvalue weighted by atomic mass is 10.2. The summed E-state index contributed by atoms with van der Waals surface area (Å²) in [5.41, 5.74) is 1.57. The van der Waals surface area contributed by atoms with E-state index >= 15 is 0 Å². The highest BCUT2D eigenvalue weighted by molar-refractivity contribution is 7.89. The number of sulfonamides is 1. The molecule has 0 radical (unpaired) electrons. The third kappa shape index (κ3) is 4.45. The lowest BCUT2D eigenvalue weighted by molar-refractivity contribution is 0.0685. The van der Waals surface area contributed by atoms with Crippen molar-refractivity contribution in [3.63, 3.8) is 0 Å². The zero-order valence-electron chi connectivity index (χ0n) is 18.7. The van der Waals surface area contributed by atoms with Gasteiger partial charge in [-0.2, -0.15) is 4.31 Å². The molecule has 0 atom stereocenters. The second kappa shape index (κ2) is 9.40. The standard InChI is InChI=1S/C25H22FN5O3S/c26-21-13-7-8-14-22(21)35(33,34)30-17-15-29(16-18-30)25(32)23-27-24(19-9-3-1-4-10-19)31(28-23)20-11-5-2-6-12-20/h1-14H,15-18H2. The van der Waals surface area contributed by atoms with Gasteiger partial charge in [0.05, 0.1) is 5.69 Å². The molecular weight excluding hydrogens is 469 g/mol. The smallest absolute Gasteiger partial charge is 0.293 e. The molecule has 0 bridgehead atoms. The van der Waals surface area contributed by atoms with Gasteiger partial charge in [0.1, 0.15) is 10.7 Å². The molecular formula is C25H22FN5O3S. The van der Waals surface area contributed by atoms with Gasteiger partial charge < -0.3 is 4.90 Å². The molecule has 1 aliphatic heterocycles. The normalized spacial score (nSPS) is 14.7. The zero-order chi connectivity index (χ0) is 24.4. The number of hydrogen-bond donors (Lipinski definition) is 0. The van der Waals surface area contributed by atoms with Gasteiger partial charge >= 0.3 is 0 Å². The fourth-order valence-electron chi connectivity index (χ4n) is 3.99. The maximum absolute atomic E-state index is 14.1. The fourth-order valence-corrected chi connectivity index (χ4v) is 5.48. The van der Waals surface area contributed by atoms with Crippen molar-refractivity contribution in [3.05, 3.63) is 96.6 Å². The summed E-state index contributed by atoms with van der Waals surface area (Å²) < 4.78 is 42.7. The van der Waals surface area contributed by atoms with E-state index in [-0.39, 0.29) is 42.8 Å². The quantitative estimate of drug-likeness (QED) is 0.428. The van der Waals surface area contributed by atoms with E-state index in [1.54, 1.807) is 4.68 Å². The largest absolute Gasteiger partial charge is 0.333 e. The van der Waals surface area contributed by atoms with E-state index in [4.69, 9.17) is 0 Å². The fraction of sp³-hybridized carbons (Fsp3) is 0.160. The Morgan fingerprint density at radius 2 is 1.40 bits per heavy atom. The molecule has 35 heavy (non-hydrogen) atoms. The molecule has 2 heterocycles. The number of para-hydroxylation sites is 1. The number of amides is 1. The molecule has 178 valence electrons. The number of benzene rings is 3. The molecule has 0 aliphatic carbocycles. The summed E-state index contributed by atoms with van der Waals surface area (Å²) in [5, 5.41) is 4.49. The minimum atomic E-state index is -4.00. The van der Waals surface area contributed by atoms with Crippen LogP contribution in [0.5, 0.6) is 0 Å². The molecule has 3 aromatic carbocycles. The van der Waals surface area contributed by atoms with Crippen molar-refractivity contribution >= 4 is 15.9 Å². The van der Waals surface area contributed by atoms with E-state index in [0.29, 0.717) is 5.82 Å². The predicted molar refractivity (Wildman–Crippen MR) is 128 cm³/mol. The number of rotatable bonds is 5. The van der Waals surface area contributed by atoms with Gasteiger partial charge in [-0.15, -0.1) is 5.10 Å². The van der Waals surface area contributed by atoms with Gasteiger partial charge in [0.2, 0.25) is 15.8 Å². The van der Waals surface area contributed by atoms with Gasteiger partial charge in [-0.1, -0.05) is 60.7 Å². The van der Waals surface area contributed by atoms with Crippen LogP contribution in [0.25, 0.3) is 17.1 Å². The average molecular weight is 492 g/mol. The number of carbonyl (C=O) groups excluding carboxylic acids is 1. The number of aromatic nitrogens is 3. The first-order valence-corrected chi connectivity index (χ1v) is 12.5. The van der Waals surface area contributed by atoms with E-state index in [2.05, 4.69) is 10.1 Å². The van der Waals surface area contributed by atoms with Crippen LogP contribution in [-0.2, 0) is 10.0 Å². The van der Waals surface area contributed by atoms with Crippen molar-refractivity contribution in [1.29, 1.82) is 0 Å². The Morgan fingerprint density at radius 3 is 2.06 bits per heavy atom. The summed E-state index contributed by atoms with van der Waals surface area (Å²) in [7, 11) is -4.00. The predicted octanol–water partition coefficient (Wildman–Crippen LogP) is 3.22. The van der Waals surface area contributed by atoms with Crippen molar-refractivity contribution < 1.29 is 17.6 Å². The van der Waals surface area contributed by atoms with E-state index in [0.717, 1.165) is 17.3 Å². The molecule has 5 rings (SSSR count). The second-order valence-corrected chi connectivity index (χ2v) is 9.91. The Kier molecular flexibility index (Phi) is 6.14. The summed E-state index contributed by atoms with van der Waals surface area (Å²) in [6, 6.07) is 24.1. The van der Waals surface area contributed by atoms with Crippen LogP contribution in [0.2, 0.25) is 0 Å². The molecule has 10 heteroatoms. The third-order valence-corrected chi connectivity index (χ3v) is 7.74. The van der Waals surface area contributed by atoms with Crippen LogP contribution in [0, 0.1) is 5.82 Å². The SMILES string of the molecule is O=C(c1nc(-c2ccccc2)n(-c2ccccc2)n1)N1CCN(S(=O)(=O)c2ccccc2F)CC1. The van der Waals surface area contributed by atoms with Crippen molar-refractivity contribution in [2.75, 3.05) is 26.2 Å². The summed E-state index contributed by atoms with van der Waals surface area (Å²) in [6.45, 7) is 0.390. The van der Waals surface area contributed by atoms with Crippen LogP contribution in [0.1, 0.15) is 10.6 Å². The first-order chi connectivity index (χ1) is 16.9. The Balaban J connectivity index is 1.38. The Hall–Kier alpha value is -3.89. The van der Waals surface area contributed by atoms with Gasteiger partial charge in [-0.05, 0) is 24.3 Å². The van der Waals surface area contributed by atoms with Crippen LogP contribution in [0.4, 0.5) is 4.39 Å². The molecule has 1 aromatic heterocycles. The van der Waals surface area contributed by atoms with E-state index in [9.17, 15) is 17.6 Å². The lowest BCUT2D eigenvalue weighted by Gasteiger charge is -2.33. The van der Waals surface area contributed by atoms with Crippen molar-refractivity contribution in [3.8, 4) is 17.1 Å². The second-order valence-electron chi connectivity index (χ2n) is 8.00. The summed E-state index contributed by atoms with van der Waals surface area (Å²) in [5.74, 6) is -0.631. The average Bonchev–Trinajstić information content (AvgIpc) is 3.35. The maximum atomic E-state index is 14.1. The van der Waals surface area contributed by atoms with Crippen molar-refractivity contribution in [2.45, 2.75) is 4.90 Å². The van der Waals surface area contributed by atoms with Crippen LogP contribution < -0.4 is 0 Å². The highest BCUT2D eigenvalue weighted by Gasteiger charge is 2.33. The van der Waals surface area contributed by atoms with Crippen molar-refractivity contribution in [2.24, 2.45) is 0 Å². The molecule has 0 unspecified atom stereocenters. The van der Waals surface area contributed by atoms with Crippen LogP contribution >= 0.6 is 0 Å². The number of piperazine rings is 1. The Bertz CT molecular complexity index is 1390. The minimum Gasteiger partial charge on any atom is -0.333 e. The van der Waals surface area contributed by atoms with Crippen LogP contribution in [0.15, 0.2) is 89.8 Å². The maximum Gasteiger partial charge on any atom is 0.293 e. The highest BCUT2D eigenvalue weighted by atomic mass is 32.2. The molecule has 0 N–H and O–H groups in total. The Morgan fingerprint density at radius 1 is 0.800 bits per heavy atom. The number of nitrogens with zero attached hydrogens (tertiary/aromatic N) is 5. The summed E-state index contributed by atoms with van der Waals surface area (Å²) in [4.78, 5) is 19.0. The first-order valence-electron chi connectivity index (χ1n) is 11.1. The van der Waals surface area contributed by atoms with Gasteiger partial charge in [-0.25, -0.2) is 22.5 Å². The molecule has 0 saturated carbocycles. The van der Waals surface area contributed by atoms with Gasteiger partial charge in [-0.3, -0.25) is 4.79 Å². The Labute approximate surface area is 202 Å². The van der Waals surface area contributed by atoms with E-state index in [1.165, 1.54) is 27.4 Å². The monoisotopic (exact) mass is 491 g/mol. The topological polar surface area (TPSA) is 88.4 Å². The van der Waals surface area contributed by atoms with E-state index < -0.39 is 15.8 Å². The van der Waals surface area contributed by atoms with E-state index in [1.807, 2.05) is 60.7 Å². The van der Waals surface area contributed by atoms with Crippen molar-refractivity contribution in [1.82, 2.24) is 24.0 Å². The van der Waals surface area contributed by atoms with Gasteiger partial charge in [0.15, 0.2) is 5.82 Å². The highest BCUT2D eigenvalue weighted by Crippen LogP contribution is 2.23. The van der Waals surface area contributed by atoms with Gasteiger partial charge in [0, 0.05) is 31.7 Å². The third-order valence-electron chi connectivity index (χ3n) is 5.81. The summed E-state index contributed by atoms with van der Waals surface area (Å²) >= 11 is 0. The summed E-state index contributed by atoms with van der Waals surface area (Å²) in [6.07, 6.45) is 0. The molecule has 1 aliphatic rings. The molecule has 8 nitrogen and oxygen atoms in total. The molecule has 0 spiro atoms. The van der Waals surface area contributed by atoms with Crippen LogP contribution in [-0.4, -0.2) is 64.5 Å². The number of hydrogen-bond acceptors (Lipinski definition) is 5. The van der Waals surface area contributed by atoms with Gasteiger partial charge in [0.25, 0.3) is 5.91 Å².